The molecule has 0 heterocycles. The van der Waals surface area contributed by atoms with Crippen molar-refractivity contribution in [2.75, 3.05) is 13.6 Å². The van der Waals surface area contributed by atoms with Gasteiger partial charge in [-0.1, -0.05) is 42.5 Å². The van der Waals surface area contributed by atoms with Crippen LogP contribution in [0.2, 0.25) is 0 Å². The molecule has 2 nitrogen and oxygen atoms in total. The fourth-order valence-corrected chi connectivity index (χ4v) is 2.29. The number of fused-ring (bicyclic) bond motifs is 1. The zero-order chi connectivity index (χ0) is 13.0. The van der Waals surface area contributed by atoms with Crippen LogP contribution in [-0.4, -0.2) is 18.5 Å². The summed E-state index contributed by atoms with van der Waals surface area (Å²) in [5.74, 6) is 0.0741. The van der Waals surface area contributed by atoms with Gasteiger partial charge in [0, 0.05) is 13.1 Å². The molecule has 0 N–H and O–H groups in total. The lowest BCUT2D eigenvalue weighted by Crippen LogP contribution is -2.23. The van der Waals surface area contributed by atoms with Crippen molar-refractivity contribution < 1.29 is 0 Å². The Labute approximate surface area is 108 Å². The summed E-state index contributed by atoms with van der Waals surface area (Å²) < 4.78 is 0. The molecule has 0 aliphatic heterocycles. The molecule has 0 saturated heterocycles. The van der Waals surface area contributed by atoms with Crippen molar-refractivity contribution in [1.82, 2.24) is 4.90 Å². The van der Waals surface area contributed by atoms with Gasteiger partial charge in [0.2, 0.25) is 0 Å². The normalized spacial score (nSPS) is 12.6. The Bertz CT molecular complexity index is 563. The van der Waals surface area contributed by atoms with Gasteiger partial charge in [-0.2, -0.15) is 5.26 Å². The van der Waals surface area contributed by atoms with E-state index in [2.05, 4.69) is 60.5 Å². The van der Waals surface area contributed by atoms with Gasteiger partial charge >= 0.3 is 0 Å². The third kappa shape index (κ3) is 2.88. The number of nitrogens with zero attached hydrogens (tertiary/aromatic N) is 2. The van der Waals surface area contributed by atoms with Gasteiger partial charge in [0.15, 0.2) is 0 Å². The standard InChI is InChI=1S/C16H18N2/c1-13(10-17)11-18(2)12-15-8-5-7-14-6-3-4-9-16(14)15/h3-9,13H,11-12H2,1-2H3. The van der Waals surface area contributed by atoms with Crippen LogP contribution in [0, 0.1) is 17.2 Å². The summed E-state index contributed by atoms with van der Waals surface area (Å²) in [6, 6.07) is 17.1. The van der Waals surface area contributed by atoms with Gasteiger partial charge in [-0.15, -0.1) is 0 Å². The van der Waals surface area contributed by atoms with Crippen molar-refractivity contribution in [3.63, 3.8) is 0 Å². The summed E-state index contributed by atoms with van der Waals surface area (Å²) >= 11 is 0. The SMILES string of the molecule is CC(C#N)CN(C)Cc1cccc2ccccc12. The van der Waals surface area contributed by atoms with Crippen LogP contribution < -0.4 is 0 Å². The molecule has 0 aliphatic rings. The Kier molecular flexibility index (Phi) is 3.96. The van der Waals surface area contributed by atoms with Crippen molar-refractivity contribution in [1.29, 1.82) is 5.26 Å². The molecule has 0 spiro atoms. The number of benzene rings is 2. The monoisotopic (exact) mass is 238 g/mol. The molecule has 2 rings (SSSR count). The quantitative estimate of drug-likeness (QED) is 0.816. The maximum absolute atomic E-state index is 8.84. The Morgan fingerprint density at radius 2 is 1.89 bits per heavy atom. The second-order valence-electron chi connectivity index (χ2n) is 4.87. The lowest BCUT2D eigenvalue weighted by molar-refractivity contribution is 0.304. The average molecular weight is 238 g/mol. The van der Waals surface area contributed by atoms with Crippen LogP contribution in [0.15, 0.2) is 42.5 Å². The van der Waals surface area contributed by atoms with E-state index in [4.69, 9.17) is 5.26 Å². The fraction of sp³-hybridized carbons (Fsp3) is 0.312. The molecule has 0 aromatic heterocycles. The van der Waals surface area contributed by atoms with Gasteiger partial charge in [-0.25, -0.2) is 0 Å². The second kappa shape index (κ2) is 5.66. The number of hydrogen-bond acceptors (Lipinski definition) is 2. The van der Waals surface area contributed by atoms with Gasteiger partial charge < -0.3 is 4.90 Å². The van der Waals surface area contributed by atoms with E-state index < -0.39 is 0 Å². The zero-order valence-corrected chi connectivity index (χ0v) is 10.9. The van der Waals surface area contributed by atoms with Crippen LogP contribution in [0.4, 0.5) is 0 Å². The van der Waals surface area contributed by atoms with E-state index in [-0.39, 0.29) is 5.92 Å². The smallest absolute Gasteiger partial charge is 0.0666 e. The summed E-state index contributed by atoms with van der Waals surface area (Å²) in [4.78, 5) is 2.20. The summed E-state index contributed by atoms with van der Waals surface area (Å²) in [5.41, 5.74) is 1.32. The summed E-state index contributed by atoms with van der Waals surface area (Å²) in [6.45, 7) is 3.65. The van der Waals surface area contributed by atoms with Gasteiger partial charge in [-0.05, 0) is 30.3 Å². The highest BCUT2D eigenvalue weighted by atomic mass is 15.1. The molecule has 1 atom stereocenters. The number of rotatable bonds is 4. The van der Waals surface area contributed by atoms with E-state index in [1.165, 1.54) is 16.3 Å². The minimum atomic E-state index is 0.0741. The highest BCUT2D eigenvalue weighted by Crippen LogP contribution is 2.19. The molecular formula is C16H18N2. The fourth-order valence-electron chi connectivity index (χ4n) is 2.29. The molecule has 1 unspecified atom stereocenters. The first kappa shape index (κ1) is 12.6. The molecule has 0 saturated carbocycles. The van der Waals surface area contributed by atoms with Crippen LogP contribution in [-0.2, 0) is 6.54 Å². The maximum atomic E-state index is 8.84. The van der Waals surface area contributed by atoms with E-state index in [0.29, 0.717) is 0 Å². The first-order chi connectivity index (χ1) is 8.70. The Morgan fingerprint density at radius 1 is 1.17 bits per heavy atom. The predicted octanol–water partition coefficient (Wildman–Crippen LogP) is 3.43. The van der Waals surface area contributed by atoms with E-state index in [1.807, 2.05) is 6.92 Å². The first-order valence-electron chi connectivity index (χ1n) is 6.25. The van der Waals surface area contributed by atoms with E-state index in [9.17, 15) is 0 Å². The minimum Gasteiger partial charge on any atom is -0.301 e. The lowest BCUT2D eigenvalue weighted by Gasteiger charge is -2.18. The molecule has 0 fully saturated rings. The van der Waals surface area contributed by atoms with Crippen molar-refractivity contribution in [3.8, 4) is 6.07 Å². The van der Waals surface area contributed by atoms with Gasteiger partial charge in [0.1, 0.15) is 0 Å². The van der Waals surface area contributed by atoms with Crippen LogP contribution in [0.5, 0.6) is 0 Å². The number of hydrogen-bond donors (Lipinski definition) is 0. The highest BCUT2D eigenvalue weighted by Gasteiger charge is 2.07. The molecule has 2 aromatic carbocycles. The molecule has 2 aromatic rings. The van der Waals surface area contributed by atoms with Gasteiger partial charge in [-0.3, -0.25) is 0 Å². The van der Waals surface area contributed by atoms with Crippen LogP contribution >= 0.6 is 0 Å². The van der Waals surface area contributed by atoms with Crippen molar-refractivity contribution in [2.24, 2.45) is 5.92 Å². The molecule has 18 heavy (non-hydrogen) atoms. The predicted molar refractivity (Wildman–Crippen MR) is 75.1 cm³/mol. The van der Waals surface area contributed by atoms with Crippen LogP contribution in [0.1, 0.15) is 12.5 Å². The van der Waals surface area contributed by atoms with E-state index in [0.717, 1.165) is 13.1 Å². The van der Waals surface area contributed by atoms with Gasteiger partial charge in [0.05, 0.1) is 12.0 Å². The molecule has 2 heteroatoms. The van der Waals surface area contributed by atoms with Crippen molar-refractivity contribution >= 4 is 10.8 Å². The van der Waals surface area contributed by atoms with Crippen LogP contribution in [0.3, 0.4) is 0 Å². The van der Waals surface area contributed by atoms with E-state index >= 15 is 0 Å². The largest absolute Gasteiger partial charge is 0.301 e. The van der Waals surface area contributed by atoms with Crippen LogP contribution in [0.25, 0.3) is 10.8 Å². The molecule has 0 bridgehead atoms. The molecule has 92 valence electrons. The van der Waals surface area contributed by atoms with Crippen molar-refractivity contribution in [2.45, 2.75) is 13.5 Å². The maximum Gasteiger partial charge on any atom is 0.0666 e. The summed E-state index contributed by atoms with van der Waals surface area (Å²) in [6.07, 6.45) is 0. The molecule has 0 radical (unpaired) electrons. The Hall–Kier alpha value is -1.85. The zero-order valence-electron chi connectivity index (χ0n) is 10.9. The Morgan fingerprint density at radius 3 is 2.67 bits per heavy atom. The molecule has 0 aliphatic carbocycles. The van der Waals surface area contributed by atoms with Gasteiger partial charge in [0.25, 0.3) is 0 Å². The van der Waals surface area contributed by atoms with E-state index in [1.54, 1.807) is 0 Å². The summed E-state index contributed by atoms with van der Waals surface area (Å²) in [5, 5.41) is 11.4. The first-order valence-corrected chi connectivity index (χ1v) is 6.25. The molecule has 0 amide bonds. The second-order valence-corrected chi connectivity index (χ2v) is 4.87. The number of nitriles is 1. The minimum absolute atomic E-state index is 0.0741. The Balaban J connectivity index is 2.19. The van der Waals surface area contributed by atoms with Crippen molar-refractivity contribution in [3.05, 3.63) is 48.0 Å². The third-order valence-corrected chi connectivity index (χ3v) is 3.13. The topological polar surface area (TPSA) is 27.0 Å². The average Bonchev–Trinajstić information content (AvgIpc) is 2.39. The third-order valence-electron chi connectivity index (χ3n) is 3.13. The molecular weight excluding hydrogens is 220 g/mol. The lowest BCUT2D eigenvalue weighted by atomic mass is 10.0. The highest BCUT2D eigenvalue weighted by molar-refractivity contribution is 5.85. The summed E-state index contributed by atoms with van der Waals surface area (Å²) in [7, 11) is 2.07.